The Morgan fingerprint density at radius 3 is 2.26 bits per heavy atom. The van der Waals surface area contributed by atoms with E-state index in [2.05, 4.69) is 5.32 Å². The predicted octanol–water partition coefficient (Wildman–Crippen LogP) is 3.84. The van der Waals surface area contributed by atoms with Crippen molar-refractivity contribution in [2.75, 3.05) is 13.7 Å². The van der Waals surface area contributed by atoms with Gasteiger partial charge in [-0.2, -0.15) is 0 Å². The van der Waals surface area contributed by atoms with Crippen LogP contribution in [-0.2, 0) is 16.1 Å². The van der Waals surface area contributed by atoms with Crippen molar-refractivity contribution in [3.63, 3.8) is 0 Å². The van der Waals surface area contributed by atoms with E-state index in [1.54, 1.807) is 37.3 Å². The van der Waals surface area contributed by atoms with Gasteiger partial charge >= 0.3 is 0 Å². The van der Waals surface area contributed by atoms with E-state index in [1.165, 1.54) is 11.9 Å². The standard InChI is InChI=1S/C20H22Cl2N2O3/c1-13-7-9-15(10-8-13)27-12-19(25)24(14(2)20(26)23-3)11-16-17(21)5-4-6-18(16)22/h4-10,14H,11-12H2,1-3H3,(H,23,26)/t14-/m1/s1. The average molecular weight is 409 g/mol. The molecule has 2 amide bonds. The van der Waals surface area contributed by atoms with Gasteiger partial charge in [0.2, 0.25) is 5.91 Å². The minimum absolute atomic E-state index is 0.100. The molecule has 2 aromatic rings. The maximum absolute atomic E-state index is 12.8. The molecule has 0 aliphatic carbocycles. The Morgan fingerprint density at radius 2 is 1.70 bits per heavy atom. The van der Waals surface area contributed by atoms with Crippen LogP contribution in [0, 0.1) is 6.92 Å². The summed E-state index contributed by atoms with van der Waals surface area (Å²) in [4.78, 5) is 26.3. The van der Waals surface area contributed by atoms with Crippen molar-refractivity contribution in [3.05, 3.63) is 63.6 Å². The molecule has 0 bridgehead atoms. The molecule has 1 N–H and O–H groups in total. The summed E-state index contributed by atoms with van der Waals surface area (Å²) in [5.74, 6) is -0.0539. The summed E-state index contributed by atoms with van der Waals surface area (Å²) in [7, 11) is 1.52. The van der Waals surface area contributed by atoms with Crippen LogP contribution in [0.15, 0.2) is 42.5 Å². The van der Waals surface area contributed by atoms with Gasteiger partial charge < -0.3 is 15.0 Å². The highest BCUT2D eigenvalue weighted by Crippen LogP contribution is 2.26. The molecule has 0 saturated heterocycles. The van der Waals surface area contributed by atoms with Gasteiger partial charge in [-0.15, -0.1) is 0 Å². The first-order valence-electron chi connectivity index (χ1n) is 8.47. The Kier molecular flexibility index (Phi) is 7.51. The van der Waals surface area contributed by atoms with Crippen LogP contribution in [0.1, 0.15) is 18.1 Å². The molecule has 0 radical (unpaired) electrons. The monoisotopic (exact) mass is 408 g/mol. The molecule has 0 heterocycles. The molecule has 0 aromatic heterocycles. The molecule has 0 unspecified atom stereocenters. The molecule has 5 nitrogen and oxygen atoms in total. The molecule has 0 spiro atoms. The molecular weight excluding hydrogens is 387 g/mol. The second kappa shape index (κ2) is 9.62. The summed E-state index contributed by atoms with van der Waals surface area (Å²) in [6, 6.07) is 11.8. The number of nitrogens with one attached hydrogen (secondary N) is 1. The fraction of sp³-hybridized carbons (Fsp3) is 0.300. The maximum atomic E-state index is 12.8. The zero-order chi connectivity index (χ0) is 20.0. The number of aryl methyl sites for hydroxylation is 1. The van der Waals surface area contributed by atoms with Gasteiger partial charge in [0.1, 0.15) is 11.8 Å². The van der Waals surface area contributed by atoms with Crippen molar-refractivity contribution < 1.29 is 14.3 Å². The number of carbonyl (C=O) groups excluding carboxylic acids is 2. The molecule has 1 atom stereocenters. The molecule has 0 aliphatic heterocycles. The summed E-state index contributed by atoms with van der Waals surface area (Å²) in [5.41, 5.74) is 1.68. The lowest BCUT2D eigenvalue weighted by molar-refractivity contribution is -0.142. The minimum atomic E-state index is -0.712. The summed E-state index contributed by atoms with van der Waals surface area (Å²) >= 11 is 12.5. The number of likely N-dealkylation sites (N-methyl/N-ethyl adjacent to an activating group) is 1. The lowest BCUT2D eigenvalue weighted by Gasteiger charge is -2.29. The van der Waals surface area contributed by atoms with Crippen molar-refractivity contribution >= 4 is 35.0 Å². The summed E-state index contributed by atoms with van der Waals surface area (Å²) in [5, 5.41) is 3.42. The fourth-order valence-corrected chi connectivity index (χ4v) is 3.02. The lowest BCUT2D eigenvalue weighted by atomic mass is 10.1. The number of rotatable bonds is 7. The number of nitrogens with zero attached hydrogens (tertiary/aromatic N) is 1. The van der Waals surface area contributed by atoms with Gasteiger partial charge in [0, 0.05) is 29.2 Å². The molecule has 0 aliphatic rings. The highest BCUT2D eigenvalue weighted by Gasteiger charge is 2.27. The van der Waals surface area contributed by atoms with Crippen LogP contribution in [0.5, 0.6) is 5.75 Å². The van der Waals surface area contributed by atoms with Gasteiger partial charge in [0.15, 0.2) is 6.61 Å². The van der Waals surface area contributed by atoms with Crippen LogP contribution in [-0.4, -0.2) is 36.4 Å². The van der Waals surface area contributed by atoms with Gasteiger partial charge in [-0.05, 0) is 38.1 Å². The van der Waals surface area contributed by atoms with Crippen LogP contribution < -0.4 is 10.1 Å². The number of halogens is 2. The minimum Gasteiger partial charge on any atom is -0.484 e. The highest BCUT2D eigenvalue weighted by molar-refractivity contribution is 6.36. The number of benzene rings is 2. The number of hydrogen-bond acceptors (Lipinski definition) is 3. The lowest BCUT2D eigenvalue weighted by Crippen LogP contribution is -2.48. The van der Waals surface area contributed by atoms with E-state index in [0.717, 1.165) is 5.56 Å². The third kappa shape index (κ3) is 5.62. The second-order valence-corrected chi connectivity index (χ2v) is 6.93. The Labute approximate surface area is 169 Å². The summed E-state index contributed by atoms with van der Waals surface area (Å²) in [6.07, 6.45) is 0. The smallest absolute Gasteiger partial charge is 0.261 e. The maximum Gasteiger partial charge on any atom is 0.261 e. The molecular formula is C20H22Cl2N2O3. The fourth-order valence-electron chi connectivity index (χ4n) is 2.51. The van der Waals surface area contributed by atoms with Crippen LogP contribution in [0.4, 0.5) is 0 Å². The van der Waals surface area contributed by atoms with Gasteiger partial charge in [-0.1, -0.05) is 47.0 Å². The Hall–Kier alpha value is -2.24. The zero-order valence-electron chi connectivity index (χ0n) is 15.5. The van der Waals surface area contributed by atoms with E-state index in [0.29, 0.717) is 21.4 Å². The third-order valence-corrected chi connectivity index (χ3v) is 4.90. The number of hydrogen-bond donors (Lipinski definition) is 1. The van der Waals surface area contributed by atoms with Crippen LogP contribution in [0.25, 0.3) is 0 Å². The molecule has 0 saturated carbocycles. The van der Waals surface area contributed by atoms with E-state index >= 15 is 0 Å². The average Bonchev–Trinajstić information content (AvgIpc) is 2.66. The quantitative estimate of drug-likeness (QED) is 0.756. The van der Waals surface area contributed by atoms with E-state index < -0.39 is 6.04 Å². The van der Waals surface area contributed by atoms with Gasteiger partial charge in [0.05, 0.1) is 0 Å². The first-order valence-corrected chi connectivity index (χ1v) is 9.22. The third-order valence-electron chi connectivity index (χ3n) is 4.19. The second-order valence-electron chi connectivity index (χ2n) is 6.11. The molecule has 27 heavy (non-hydrogen) atoms. The van der Waals surface area contributed by atoms with Gasteiger partial charge in [0.25, 0.3) is 5.91 Å². The number of carbonyl (C=O) groups is 2. The van der Waals surface area contributed by atoms with E-state index in [4.69, 9.17) is 27.9 Å². The van der Waals surface area contributed by atoms with E-state index in [1.807, 2.05) is 19.1 Å². The van der Waals surface area contributed by atoms with Crippen LogP contribution in [0.3, 0.4) is 0 Å². The van der Waals surface area contributed by atoms with Crippen molar-refractivity contribution in [1.29, 1.82) is 0 Å². The largest absolute Gasteiger partial charge is 0.484 e. The molecule has 7 heteroatoms. The van der Waals surface area contributed by atoms with Crippen LogP contribution >= 0.6 is 23.2 Å². The molecule has 0 fully saturated rings. The predicted molar refractivity (Wildman–Crippen MR) is 107 cm³/mol. The van der Waals surface area contributed by atoms with E-state index in [-0.39, 0.29) is 25.0 Å². The molecule has 2 aromatic carbocycles. The zero-order valence-corrected chi connectivity index (χ0v) is 17.0. The van der Waals surface area contributed by atoms with Crippen molar-refractivity contribution in [1.82, 2.24) is 10.2 Å². The normalized spacial score (nSPS) is 11.6. The van der Waals surface area contributed by atoms with Crippen LogP contribution in [0.2, 0.25) is 10.0 Å². The van der Waals surface area contributed by atoms with Gasteiger partial charge in [-0.25, -0.2) is 0 Å². The number of amides is 2. The molecule has 144 valence electrons. The van der Waals surface area contributed by atoms with Crippen molar-refractivity contribution in [2.45, 2.75) is 26.4 Å². The Bertz CT molecular complexity index is 789. The summed E-state index contributed by atoms with van der Waals surface area (Å²) < 4.78 is 5.58. The summed E-state index contributed by atoms with van der Waals surface area (Å²) in [6.45, 7) is 3.51. The first-order chi connectivity index (χ1) is 12.8. The Morgan fingerprint density at radius 1 is 1.11 bits per heavy atom. The van der Waals surface area contributed by atoms with Gasteiger partial charge in [-0.3, -0.25) is 9.59 Å². The van der Waals surface area contributed by atoms with Crippen molar-refractivity contribution in [3.8, 4) is 5.75 Å². The Balaban J connectivity index is 2.19. The highest BCUT2D eigenvalue weighted by atomic mass is 35.5. The first kappa shape index (κ1) is 21.1. The SMILES string of the molecule is CNC(=O)[C@@H](C)N(Cc1c(Cl)cccc1Cl)C(=O)COc1ccc(C)cc1. The number of ether oxygens (including phenoxy) is 1. The van der Waals surface area contributed by atoms with E-state index in [9.17, 15) is 9.59 Å². The topological polar surface area (TPSA) is 58.6 Å². The van der Waals surface area contributed by atoms with Crippen molar-refractivity contribution in [2.24, 2.45) is 0 Å². The molecule has 2 rings (SSSR count).